The van der Waals surface area contributed by atoms with Crippen LogP contribution in [0.5, 0.6) is 0 Å². The molecule has 106 valence electrons. The van der Waals surface area contributed by atoms with Crippen molar-refractivity contribution < 1.29 is 8.78 Å². The molecule has 3 nitrogen and oxygen atoms in total. The fourth-order valence-corrected chi connectivity index (χ4v) is 2.86. The van der Waals surface area contributed by atoms with E-state index in [-0.39, 0.29) is 16.2 Å². The highest BCUT2D eigenvalue weighted by Gasteiger charge is 2.14. The summed E-state index contributed by atoms with van der Waals surface area (Å²) in [7, 11) is 0. The molecule has 1 heterocycles. The van der Waals surface area contributed by atoms with Crippen molar-refractivity contribution in [3.63, 3.8) is 0 Å². The highest BCUT2D eigenvalue weighted by Crippen LogP contribution is 2.30. The van der Waals surface area contributed by atoms with Crippen LogP contribution in [0, 0.1) is 11.6 Å². The summed E-state index contributed by atoms with van der Waals surface area (Å²) in [6, 6.07) is 9.65. The first-order chi connectivity index (χ1) is 10.0. The van der Waals surface area contributed by atoms with Gasteiger partial charge in [-0.25, -0.2) is 13.8 Å². The Morgan fingerprint density at radius 2 is 1.86 bits per heavy atom. The SMILES string of the molecule is NC(=S)c1cc(F)c(Nc2nc3ccccc3s2)c(F)c1. The zero-order valence-electron chi connectivity index (χ0n) is 10.6. The van der Waals surface area contributed by atoms with Crippen molar-refractivity contribution in [3.05, 3.63) is 53.6 Å². The van der Waals surface area contributed by atoms with Gasteiger partial charge in [0.1, 0.15) is 22.3 Å². The molecule has 21 heavy (non-hydrogen) atoms. The number of hydrogen-bond acceptors (Lipinski definition) is 4. The van der Waals surface area contributed by atoms with E-state index in [2.05, 4.69) is 10.3 Å². The number of benzene rings is 2. The van der Waals surface area contributed by atoms with Crippen LogP contribution >= 0.6 is 23.6 Å². The maximum absolute atomic E-state index is 14.0. The number of rotatable bonds is 3. The van der Waals surface area contributed by atoms with Gasteiger partial charge in [0.25, 0.3) is 0 Å². The van der Waals surface area contributed by atoms with Gasteiger partial charge in [-0.15, -0.1) is 0 Å². The number of halogens is 2. The number of para-hydroxylation sites is 1. The second-order valence-electron chi connectivity index (χ2n) is 4.29. The van der Waals surface area contributed by atoms with Gasteiger partial charge in [0.2, 0.25) is 0 Å². The molecule has 0 fully saturated rings. The minimum atomic E-state index is -0.767. The largest absolute Gasteiger partial charge is 0.389 e. The zero-order chi connectivity index (χ0) is 15.0. The van der Waals surface area contributed by atoms with Crippen LogP contribution in [0.2, 0.25) is 0 Å². The molecule has 0 aliphatic heterocycles. The Labute approximate surface area is 128 Å². The molecular formula is C14H9F2N3S2. The fraction of sp³-hybridized carbons (Fsp3) is 0. The number of nitrogens with zero attached hydrogens (tertiary/aromatic N) is 1. The summed E-state index contributed by atoms with van der Waals surface area (Å²) in [5.41, 5.74) is 6.02. The summed E-state index contributed by atoms with van der Waals surface area (Å²) >= 11 is 6.03. The van der Waals surface area contributed by atoms with Gasteiger partial charge in [-0.05, 0) is 24.3 Å². The van der Waals surface area contributed by atoms with E-state index in [0.29, 0.717) is 5.13 Å². The van der Waals surface area contributed by atoms with E-state index < -0.39 is 11.6 Å². The molecule has 3 aromatic rings. The first kappa shape index (κ1) is 13.8. The van der Waals surface area contributed by atoms with Gasteiger partial charge in [0, 0.05) is 5.56 Å². The number of nitrogens with one attached hydrogen (secondary N) is 1. The topological polar surface area (TPSA) is 50.9 Å². The molecule has 7 heteroatoms. The molecule has 0 amide bonds. The van der Waals surface area contributed by atoms with Crippen LogP contribution in [-0.4, -0.2) is 9.97 Å². The van der Waals surface area contributed by atoms with Gasteiger partial charge >= 0.3 is 0 Å². The number of anilines is 2. The Morgan fingerprint density at radius 1 is 1.19 bits per heavy atom. The maximum Gasteiger partial charge on any atom is 0.188 e. The van der Waals surface area contributed by atoms with Crippen LogP contribution in [0.1, 0.15) is 5.56 Å². The van der Waals surface area contributed by atoms with Crippen molar-refractivity contribution in [2.45, 2.75) is 0 Å². The molecule has 0 aliphatic rings. The smallest absolute Gasteiger partial charge is 0.188 e. The molecule has 3 rings (SSSR count). The predicted octanol–water partition coefficient (Wildman–Crippen LogP) is 3.95. The summed E-state index contributed by atoms with van der Waals surface area (Å²) in [4.78, 5) is 4.22. The van der Waals surface area contributed by atoms with Gasteiger partial charge in [0.15, 0.2) is 5.13 Å². The van der Waals surface area contributed by atoms with E-state index in [1.54, 1.807) is 0 Å². The van der Waals surface area contributed by atoms with Crippen molar-refractivity contribution >= 4 is 49.6 Å². The number of thiocarbonyl (C=S) groups is 1. The van der Waals surface area contributed by atoms with Crippen LogP contribution in [0.4, 0.5) is 19.6 Å². The molecule has 2 aromatic carbocycles. The molecule has 0 unspecified atom stereocenters. The Bertz CT molecular complexity index is 789. The Balaban J connectivity index is 1.99. The first-order valence-corrected chi connectivity index (χ1v) is 7.18. The third-order valence-electron chi connectivity index (χ3n) is 2.85. The van der Waals surface area contributed by atoms with Gasteiger partial charge in [-0.2, -0.15) is 0 Å². The van der Waals surface area contributed by atoms with Crippen LogP contribution in [0.25, 0.3) is 10.2 Å². The van der Waals surface area contributed by atoms with Crippen molar-refractivity contribution in [2.24, 2.45) is 5.73 Å². The van der Waals surface area contributed by atoms with E-state index in [0.717, 1.165) is 22.3 Å². The van der Waals surface area contributed by atoms with E-state index in [1.807, 2.05) is 24.3 Å². The number of nitrogens with two attached hydrogens (primary N) is 1. The van der Waals surface area contributed by atoms with Crippen molar-refractivity contribution in [3.8, 4) is 0 Å². The highest BCUT2D eigenvalue weighted by molar-refractivity contribution is 7.80. The lowest BCUT2D eigenvalue weighted by Crippen LogP contribution is -2.11. The molecule has 0 radical (unpaired) electrons. The van der Waals surface area contributed by atoms with Crippen LogP contribution < -0.4 is 11.1 Å². The number of fused-ring (bicyclic) bond motifs is 1. The summed E-state index contributed by atoms with van der Waals surface area (Å²) in [5.74, 6) is -1.53. The summed E-state index contributed by atoms with van der Waals surface area (Å²) in [6.45, 7) is 0. The molecule has 0 atom stereocenters. The predicted molar refractivity (Wildman–Crippen MR) is 85.1 cm³/mol. The third-order valence-corrected chi connectivity index (χ3v) is 4.04. The van der Waals surface area contributed by atoms with Crippen molar-refractivity contribution in [1.82, 2.24) is 4.98 Å². The Hall–Kier alpha value is -2.12. The quantitative estimate of drug-likeness (QED) is 0.717. The molecule has 3 N–H and O–H groups in total. The summed E-state index contributed by atoms with van der Waals surface area (Å²) in [6.07, 6.45) is 0. The maximum atomic E-state index is 14.0. The second kappa shape index (κ2) is 5.34. The molecular weight excluding hydrogens is 312 g/mol. The van der Waals surface area contributed by atoms with Crippen LogP contribution in [-0.2, 0) is 0 Å². The normalized spacial score (nSPS) is 10.8. The lowest BCUT2D eigenvalue weighted by Gasteiger charge is -2.07. The average Bonchev–Trinajstić information content (AvgIpc) is 2.85. The average molecular weight is 321 g/mol. The van der Waals surface area contributed by atoms with Crippen molar-refractivity contribution in [2.75, 3.05) is 5.32 Å². The van der Waals surface area contributed by atoms with E-state index in [1.165, 1.54) is 11.3 Å². The van der Waals surface area contributed by atoms with Gasteiger partial charge in [-0.1, -0.05) is 35.7 Å². The zero-order valence-corrected chi connectivity index (χ0v) is 12.2. The fourth-order valence-electron chi connectivity index (χ4n) is 1.87. The van der Waals surface area contributed by atoms with E-state index >= 15 is 0 Å². The first-order valence-electron chi connectivity index (χ1n) is 5.96. The Kier molecular flexibility index (Phi) is 3.52. The molecule has 0 bridgehead atoms. The van der Waals surface area contributed by atoms with Gasteiger partial charge < -0.3 is 11.1 Å². The molecule has 0 saturated carbocycles. The number of thiazole rings is 1. The van der Waals surface area contributed by atoms with Gasteiger partial charge in [0.05, 0.1) is 10.2 Å². The lowest BCUT2D eigenvalue weighted by atomic mass is 10.2. The number of aromatic nitrogens is 1. The minimum absolute atomic E-state index is 0.0562. The van der Waals surface area contributed by atoms with Crippen molar-refractivity contribution in [1.29, 1.82) is 0 Å². The number of hydrogen-bond donors (Lipinski definition) is 2. The third kappa shape index (κ3) is 2.70. The van der Waals surface area contributed by atoms with Crippen LogP contribution in [0.15, 0.2) is 36.4 Å². The summed E-state index contributed by atoms with van der Waals surface area (Å²) in [5, 5.41) is 3.08. The lowest BCUT2D eigenvalue weighted by molar-refractivity contribution is 0.590. The van der Waals surface area contributed by atoms with Crippen LogP contribution in [0.3, 0.4) is 0 Å². The minimum Gasteiger partial charge on any atom is -0.389 e. The second-order valence-corrected chi connectivity index (χ2v) is 5.76. The van der Waals surface area contributed by atoms with E-state index in [9.17, 15) is 8.78 Å². The van der Waals surface area contributed by atoms with Gasteiger partial charge in [-0.3, -0.25) is 0 Å². The molecule has 0 saturated heterocycles. The summed E-state index contributed by atoms with van der Waals surface area (Å²) < 4.78 is 28.9. The Morgan fingerprint density at radius 3 is 2.48 bits per heavy atom. The highest BCUT2D eigenvalue weighted by atomic mass is 32.1. The van der Waals surface area contributed by atoms with E-state index in [4.69, 9.17) is 18.0 Å². The monoisotopic (exact) mass is 321 g/mol. The standard InChI is InChI=1S/C14H9F2N3S2/c15-8-5-7(13(17)20)6-9(16)12(8)19-14-18-10-3-1-2-4-11(10)21-14/h1-6H,(H2,17,20)(H,18,19). The molecule has 0 aliphatic carbocycles. The molecule has 1 aromatic heterocycles. The molecule has 0 spiro atoms.